The van der Waals surface area contributed by atoms with Crippen LogP contribution < -0.4 is 14.8 Å². The third kappa shape index (κ3) is 3.71. The van der Waals surface area contributed by atoms with Crippen molar-refractivity contribution in [1.29, 1.82) is 0 Å². The van der Waals surface area contributed by atoms with E-state index in [-0.39, 0.29) is 25.2 Å². The van der Waals surface area contributed by atoms with E-state index in [1.54, 1.807) is 17.2 Å². The number of hydrogen-bond acceptors (Lipinski definition) is 5. The molecular weight excluding hydrogens is 420 g/mol. The van der Waals surface area contributed by atoms with Crippen LogP contribution in [0.1, 0.15) is 54.3 Å². The maximum atomic E-state index is 13.9. The number of imidazole rings is 1. The number of benzene rings is 2. The molecule has 8 nitrogen and oxygen atoms in total. The Morgan fingerprint density at radius 2 is 1.91 bits per heavy atom. The predicted molar refractivity (Wildman–Crippen MR) is 121 cm³/mol. The van der Waals surface area contributed by atoms with Gasteiger partial charge >= 0.3 is 0 Å². The first-order valence-electron chi connectivity index (χ1n) is 10.9. The molecule has 3 aromatic rings. The lowest BCUT2D eigenvalue weighted by molar-refractivity contribution is -0.127. The van der Waals surface area contributed by atoms with Gasteiger partial charge in [-0.05, 0) is 57.5 Å². The van der Waals surface area contributed by atoms with E-state index in [0.717, 1.165) is 5.56 Å². The molecule has 0 bridgehead atoms. The summed E-state index contributed by atoms with van der Waals surface area (Å²) in [5.74, 6) is 1.53. The molecule has 1 aromatic heterocycles. The summed E-state index contributed by atoms with van der Waals surface area (Å²) < 4.78 is 12.8. The van der Waals surface area contributed by atoms with Crippen LogP contribution in [0.5, 0.6) is 11.5 Å². The number of ether oxygens (including phenoxy) is 2. The summed E-state index contributed by atoms with van der Waals surface area (Å²) in [6.45, 7) is 8.02. The van der Waals surface area contributed by atoms with Crippen LogP contribution in [0, 0.1) is 6.92 Å². The number of nitrogens with zero attached hydrogens (tertiary/aromatic N) is 3. The summed E-state index contributed by atoms with van der Waals surface area (Å²) in [5.41, 5.74) is 2.25. The van der Waals surface area contributed by atoms with Crippen molar-refractivity contribution < 1.29 is 19.1 Å². The molecule has 2 aliphatic heterocycles. The van der Waals surface area contributed by atoms with Gasteiger partial charge in [-0.2, -0.15) is 0 Å². The summed E-state index contributed by atoms with van der Waals surface area (Å²) >= 11 is 0. The second-order valence-electron chi connectivity index (χ2n) is 9.35. The lowest BCUT2D eigenvalue weighted by Crippen LogP contribution is -2.49. The number of amides is 2. The summed E-state index contributed by atoms with van der Waals surface area (Å²) in [5, 5.41) is 3.05. The van der Waals surface area contributed by atoms with Gasteiger partial charge in [0.1, 0.15) is 5.82 Å². The van der Waals surface area contributed by atoms with E-state index in [0.29, 0.717) is 34.3 Å². The van der Waals surface area contributed by atoms with E-state index in [9.17, 15) is 9.59 Å². The average molecular weight is 447 g/mol. The molecule has 2 amide bonds. The number of carbonyl (C=O) groups excluding carboxylic acids is 2. The number of aryl methyl sites for hydroxylation is 1. The van der Waals surface area contributed by atoms with Gasteiger partial charge in [0.05, 0.1) is 23.1 Å². The molecule has 1 N–H and O–H groups in total. The van der Waals surface area contributed by atoms with Crippen molar-refractivity contribution in [2.45, 2.75) is 45.8 Å². The highest BCUT2D eigenvalue weighted by molar-refractivity contribution is 6.01. The maximum absolute atomic E-state index is 13.9. The number of carbonyl (C=O) groups is 2. The first-order valence-corrected chi connectivity index (χ1v) is 10.9. The van der Waals surface area contributed by atoms with E-state index < -0.39 is 11.6 Å². The van der Waals surface area contributed by atoms with Gasteiger partial charge in [-0.1, -0.05) is 18.2 Å². The van der Waals surface area contributed by atoms with Crippen molar-refractivity contribution in [2.75, 3.05) is 6.79 Å². The third-order valence-corrected chi connectivity index (χ3v) is 5.73. The Kier molecular flexibility index (Phi) is 4.88. The maximum Gasteiger partial charge on any atom is 0.257 e. The minimum absolute atomic E-state index is 0.171. The van der Waals surface area contributed by atoms with Gasteiger partial charge in [-0.25, -0.2) is 4.98 Å². The van der Waals surface area contributed by atoms with E-state index >= 15 is 0 Å². The molecule has 0 spiro atoms. The minimum atomic E-state index is -0.865. The lowest BCUT2D eigenvalue weighted by atomic mass is 10.0. The molecule has 3 heterocycles. The predicted octanol–water partition coefficient (Wildman–Crippen LogP) is 3.52. The molecule has 5 rings (SSSR count). The standard InChI is InChI=1S/C25H26N4O4/c1-15-26-12-19-22(23(30)27-25(2,3)4)28(13-16-9-10-20-21(11-16)33-14-32-20)24(31)17-7-5-6-8-18(17)29(15)19/h5-12,22H,13-14H2,1-4H3,(H,27,30). The average Bonchev–Trinajstić information content (AvgIpc) is 3.35. The molecule has 0 saturated carbocycles. The minimum Gasteiger partial charge on any atom is -0.454 e. The molecule has 1 unspecified atom stereocenters. The number of aromatic nitrogens is 2. The first-order chi connectivity index (χ1) is 15.7. The quantitative estimate of drug-likeness (QED) is 0.665. The monoisotopic (exact) mass is 446 g/mol. The van der Waals surface area contributed by atoms with Gasteiger partial charge in [0.2, 0.25) is 12.7 Å². The van der Waals surface area contributed by atoms with Crippen molar-refractivity contribution in [1.82, 2.24) is 19.8 Å². The molecule has 170 valence electrons. The van der Waals surface area contributed by atoms with Crippen molar-refractivity contribution in [2.24, 2.45) is 0 Å². The van der Waals surface area contributed by atoms with Crippen molar-refractivity contribution in [3.05, 3.63) is 71.3 Å². The SMILES string of the molecule is Cc1ncc2n1-c1ccccc1C(=O)N(Cc1ccc3c(c1)OCO3)C2C(=O)NC(C)(C)C. The van der Waals surface area contributed by atoms with E-state index in [1.807, 2.05) is 68.7 Å². The number of fused-ring (bicyclic) bond motifs is 4. The van der Waals surface area contributed by atoms with E-state index in [4.69, 9.17) is 9.47 Å². The smallest absolute Gasteiger partial charge is 0.257 e. The summed E-state index contributed by atoms with van der Waals surface area (Å²) in [7, 11) is 0. The lowest BCUT2D eigenvalue weighted by Gasteiger charge is -2.32. The molecule has 2 aliphatic rings. The number of para-hydroxylation sites is 1. The Bertz CT molecular complexity index is 1260. The first kappa shape index (κ1) is 21.1. The van der Waals surface area contributed by atoms with Crippen molar-refractivity contribution in [3.63, 3.8) is 0 Å². The van der Waals surface area contributed by atoms with Gasteiger partial charge < -0.3 is 19.7 Å². The highest BCUT2D eigenvalue weighted by Gasteiger charge is 2.40. The van der Waals surface area contributed by atoms with Crippen LogP contribution in [0.15, 0.2) is 48.7 Å². The van der Waals surface area contributed by atoms with Gasteiger partial charge in [0, 0.05) is 12.1 Å². The molecule has 0 saturated heterocycles. The number of nitrogens with one attached hydrogen (secondary N) is 1. The molecule has 8 heteroatoms. The molecule has 33 heavy (non-hydrogen) atoms. The Labute approximate surface area is 192 Å². The summed E-state index contributed by atoms with van der Waals surface area (Å²) in [4.78, 5) is 33.6. The van der Waals surface area contributed by atoms with Crippen LogP contribution in [0.4, 0.5) is 0 Å². The highest BCUT2D eigenvalue weighted by atomic mass is 16.7. The Hall–Kier alpha value is -3.81. The fourth-order valence-electron chi connectivity index (χ4n) is 4.36. The fraction of sp³-hybridized carbons (Fsp3) is 0.320. The van der Waals surface area contributed by atoms with Crippen LogP contribution in [-0.4, -0.2) is 38.6 Å². The second-order valence-corrected chi connectivity index (χ2v) is 9.35. The van der Waals surface area contributed by atoms with Crippen LogP contribution >= 0.6 is 0 Å². The normalized spacial score (nSPS) is 16.8. The van der Waals surface area contributed by atoms with Crippen molar-refractivity contribution in [3.8, 4) is 17.2 Å². The zero-order valence-corrected chi connectivity index (χ0v) is 19.1. The Balaban J connectivity index is 1.65. The Morgan fingerprint density at radius 1 is 1.15 bits per heavy atom. The van der Waals surface area contributed by atoms with Gasteiger partial charge in [0.25, 0.3) is 5.91 Å². The summed E-state index contributed by atoms with van der Waals surface area (Å²) in [6.07, 6.45) is 1.68. The molecule has 0 radical (unpaired) electrons. The summed E-state index contributed by atoms with van der Waals surface area (Å²) in [6, 6.07) is 12.1. The van der Waals surface area contributed by atoms with E-state index in [2.05, 4.69) is 10.3 Å². The zero-order valence-electron chi connectivity index (χ0n) is 19.1. The molecular formula is C25H26N4O4. The molecule has 2 aromatic carbocycles. The number of hydrogen-bond donors (Lipinski definition) is 1. The van der Waals surface area contributed by atoms with Crippen molar-refractivity contribution >= 4 is 11.8 Å². The Morgan fingerprint density at radius 3 is 2.70 bits per heavy atom. The second kappa shape index (κ2) is 7.65. The van der Waals surface area contributed by atoms with Crippen LogP contribution in [0.2, 0.25) is 0 Å². The van der Waals surface area contributed by atoms with Gasteiger partial charge in [0.15, 0.2) is 17.5 Å². The van der Waals surface area contributed by atoms with Crippen LogP contribution in [0.3, 0.4) is 0 Å². The largest absolute Gasteiger partial charge is 0.454 e. The fourth-order valence-corrected chi connectivity index (χ4v) is 4.36. The molecule has 0 fully saturated rings. The molecule has 0 aliphatic carbocycles. The highest BCUT2D eigenvalue weighted by Crippen LogP contribution is 2.37. The third-order valence-electron chi connectivity index (χ3n) is 5.73. The van der Waals surface area contributed by atoms with Gasteiger partial charge in [-0.15, -0.1) is 0 Å². The van der Waals surface area contributed by atoms with Gasteiger partial charge in [-0.3, -0.25) is 14.2 Å². The van der Waals surface area contributed by atoms with Crippen LogP contribution in [-0.2, 0) is 11.3 Å². The van der Waals surface area contributed by atoms with Crippen LogP contribution in [0.25, 0.3) is 5.69 Å². The molecule has 1 atom stereocenters. The zero-order chi connectivity index (χ0) is 23.3. The van der Waals surface area contributed by atoms with E-state index in [1.165, 1.54) is 0 Å². The number of rotatable bonds is 3. The topological polar surface area (TPSA) is 85.7 Å².